The lowest BCUT2D eigenvalue weighted by molar-refractivity contribution is 0.348. The Kier molecular flexibility index (Phi) is 5.81. The molecule has 8 heteroatoms. The fourth-order valence-electron chi connectivity index (χ4n) is 2.55. The highest BCUT2D eigenvalue weighted by Gasteiger charge is 2.20. The summed E-state index contributed by atoms with van der Waals surface area (Å²) in [4.78, 5) is 12.9. The average Bonchev–Trinajstić information content (AvgIpc) is 3.01. The second kappa shape index (κ2) is 8.26. The van der Waals surface area contributed by atoms with Crippen molar-refractivity contribution in [1.29, 1.82) is 0 Å². The van der Waals surface area contributed by atoms with Crippen molar-refractivity contribution in [2.45, 2.75) is 26.7 Å². The zero-order valence-corrected chi connectivity index (χ0v) is 16.3. The van der Waals surface area contributed by atoms with Gasteiger partial charge in [0.05, 0.1) is 36.6 Å². The number of nitrogens with zero attached hydrogens (tertiary/aromatic N) is 3. The van der Waals surface area contributed by atoms with Gasteiger partial charge in [0.2, 0.25) is 11.8 Å². The zero-order valence-electron chi connectivity index (χ0n) is 15.6. The number of ether oxygens (including phenoxy) is 3. The minimum atomic E-state index is 0.0701. The number of rotatable bonds is 7. The molecule has 0 atom stereocenters. The maximum Gasteiger partial charge on any atom is 0.328 e. The summed E-state index contributed by atoms with van der Waals surface area (Å²) in [5.74, 6) is 2.31. The van der Waals surface area contributed by atoms with Gasteiger partial charge in [-0.15, -0.1) is 0 Å². The van der Waals surface area contributed by atoms with Crippen LogP contribution in [-0.2, 0) is 6.42 Å². The number of methoxy groups -OCH3 is 2. The minimum Gasteiger partial charge on any atom is -0.481 e. The van der Waals surface area contributed by atoms with E-state index in [1.807, 2.05) is 6.92 Å². The van der Waals surface area contributed by atoms with Crippen molar-refractivity contribution in [1.82, 2.24) is 15.0 Å². The van der Waals surface area contributed by atoms with Crippen LogP contribution in [0.5, 0.6) is 23.5 Å². The molecule has 0 aliphatic rings. The van der Waals surface area contributed by atoms with Crippen LogP contribution < -0.4 is 14.2 Å². The first-order valence-corrected chi connectivity index (χ1v) is 8.83. The van der Waals surface area contributed by atoms with E-state index in [2.05, 4.69) is 21.9 Å². The number of oxazole rings is 1. The Morgan fingerprint density at radius 2 is 1.78 bits per heavy atom. The first-order chi connectivity index (χ1) is 13.0. The highest BCUT2D eigenvalue weighted by Crippen LogP contribution is 2.40. The average molecular weight is 390 g/mol. The Labute approximate surface area is 162 Å². The molecule has 0 bridgehead atoms. The fraction of sp³-hybridized carbons (Fsp3) is 0.316. The highest BCUT2D eigenvalue weighted by atomic mass is 35.5. The molecule has 3 rings (SSSR count). The van der Waals surface area contributed by atoms with Crippen molar-refractivity contribution >= 4 is 11.6 Å². The van der Waals surface area contributed by atoms with Crippen LogP contribution in [0.3, 0.4) is 0 Å². The molecule has 142 valence electrons. The molecule has 0 amide bonds. The van der Waals surface area contributed by atoms with Crippen LogP contribution in [0.2, 0.25) is 5.02 Å². The Hall–Kier alpha value is -2.80. The number of benzene rings is 1. The fourth-order valence-corrected chi connectivity index (χ4v) is 2.80. The Morgan fingerprint density at radius 1 is 1.07 bits per heavy atom. The summed E-state index contributed by atoms with van der Waals surface area (Å²) in [5, 5.41) is 0.477. The highest BCUT2D eigenvalue weighted by molar-refractivity contribution is 6.33. The smallest absolute Gasteiger partial charge is 0.328 e. The van der Waals surface area contributed by atoms with Gasteiger partial charge in [-0.05, 0) is 25.5 Å². The van der Waals surface area contributed by atoms with E-state index in [4.69, 9.17) is 30.2 Å². The van der Waals surface area contributed by atoms with E-state index in [-0.39, 0.29) is 6.01 Å². The molecule has 27 heavy (non-hydrogen) atoms. The number of aromatic nitrogens is 3. The number of hydrogen-bond donors (Lipinski definition) is 0. The third-order valence-corrected chi connectivity index (χ3v) is 4.10. The molecular formula is C19H20ClN3O4. The van der Waals surface area contributed by atoms with E-state index >= 15 is 0 Å². The van der Waals surface area contributed by atoms with Crippen molar-refractivity contribution < 1.29 is 18.6 Å². The van der Waals surface area contributed by atoms with Gasteiger partial charge in [-0.3, -0.25) is 0 Å². The summed E-state index contributed by atoms with van der Waals surface area (Å²) < 4.78 is 22.1. The van der Waals surface area contributed by atoms with Gasteiger partial charge >= 0.3 is 6.01 Å². The summed E-state index contributed by atoms with van der Waals surface area (Å²) >= 11 is 6.45. The summed E-state index contributed by atoms with van der Waals surface area (Å²) in [6.07, 6.45) is 1.68. The Balaban J connectivity index is 2.05. The molecule has 0 aliphatic carbocycles. The van der Waals surface area contributed by atoms with E-state index < -0.39 is 0 Å². The normalized spacial score (nSPS) is 10.7. The molecule has 0 N–H and O–H groups in total. The van der Waals surface area contributed by atoms with Gasteiger partial charge in [-0.25, -0.2) is 4.98 Å². The lowest BCUT2D eigenvalue weighted by Crippen LogP contribution is -1.99. The van der Waals surface area contributed by atoms with Gasteiger partial charge in [-0.1, -0.05) is 24.6 Å². The molecule has 0 saturated heterocycles. The zero-order chi connectivity index (χ0) is 19.4. The number of hydrogen-bond acceptors (Lipinski definition) is 7. The summed E-state index contributed by atoms with van der Waals surface area (Å²) in [5.41, 5.74) is 1.33. The Morgan fingerprint density at radius 3 is 2.41 bits per heavy atom. The number of halogens is 1. The van der Waals surface area contributed by atoms with Gasteiger partial charge in [0.1, 0.15) is 5.75 Å². The van der Waals surface area contributed by atoms with E-state index in [0.29, 0.717) is 39.7 Å². The molecule has 0 spiro atoms. The van der Waals surface area contributed by atoms with Gasteiger partial charge in [-0.2, -0.15) is 9.97 Å². The molecule has 2 heterocycles. The third-order valence-electron chi connectivity index (χ3n) is 3.79. The van der Waals surface area contributed by atoms with Gasteiger partial charge in [0.25, 0.3) is 0 Å². The van der Waals surface area contributed by atoms with Crippen molar-refractivity contribution in [3.8, 4) is 34.8 Å². The van der Waals surface area contributed by atoms with Crippen LogP contribution in [-0.4, -0.2) is 29.2 Å². The third kappa shape index (κ3) is 4.14. The minimum absolute atomic E-state index is 0.0701. The lowest BCUT2D eigenvalue weighted by Gasteiger charge is -2.11. The summed E-state index contributed by atoms with van der Waals surface area (Å²) in [7, 11) is 3.01. The van der Waals surface area contributed by atoms with Crippen molar-refractivity contribution in [2.75, 3.05) is 14.2 Å². The molecule has 3 aromatic rings. The van der Waals surface area contributed by atoms with E-state index in [0.717, 1.165) is 18.5 Å². The molecule has 7 nitrogen and oxygen atoms in total. The summed E-state index contributed by atoms with van der Waals surface area (Å²) in [6.45, 7) is 3.94. The van der Waals surface area contributed by atoms with Crippen molar-refractivity contribution in [3.05, 3.63) is 40.9 Å². The summed E-state index contributed by atoms with van der Waals surface area (Å²) in [6, 6.07) is 6.93. The maximum atomic E-state index is 6.45. The van der Waals surface area contributed by atoms with Crippen LogP contribution >= 0.6 is 11.6 Å². The molecule has 1 aromatic carbocycles. The second-order valence-electron chi connectivity index (χ2n) is 5.72. The van der Waals surface area contributed by atoms with Gasteiger partial charge in [0, 0.05) is 6.42 Å². The van der Waals surface area contributed by atoms with Crippen LogP contribution in [0.1, 0.15) is 24.9 Å². The van der Waals surface area contributed by atoms with Crippen LogP contribution in [0.15, 0.2) is 28.7 Å². The van der Waals surface area contributed by atoms with E-state index in [9.17, 15) is 0 Å². The predicted octanol–water partition coefficient (Wildman–Crippen LogP) is 4.86. The van der Waals surface area contributed by atoms with Crippen molar-refractivity contribution in [2.24, 2.45) is 0 Å². The van der Waals surface area contributed by atoms with Crippen LogP contribution in [0.25, 0.3) is 11.3 Å². The number of aryl methyl sites for hydroxylation is 2. The maximum absolute atomic E-state index is 6.45. The van der Waals surface area contributed by atoms with Crippen LogP contribution in [0.4, 0.5) is 0 Å². The molecule has 0 saturated carbocycles. The SMILES string of the molecule is CCCc1nc(C)c(-c2c(Cl)cccc2Oc2nc(OC)cc(OC)n2)o1. The first kappa shape index (κ1) is 19.0. The van der Waals surface area contributed by atoms with Gasteiger partial charge < -0.3 is 18.6 Å². The van der Waals surface area contributed by atoms with Crippen LogP contribution in [0, 0.1) is 6.92 Å². The second-order valence-corrected chi connectivity index (χ2v) is 6.13. The largest absolute Gasteiger partial charge is 0.481 e. The van der Waals surface area contributed by atoms with Gasteiger partial charge in [0.15, 0.2) is 11.7 Å². The predicted molar refractivity (Wildman–Crippen MR) is 101 cm³/mol. The molecule has 0 fully saturated rings. The quantitative estimate of drug-likeness (QED) is 0.571. The molecular weight excluding hydrogens is 370 g/mol. The first-order valence-electron chi connectivity index (χ1n) is 8.45. The topological polar surface area (TPSA) is 79.5 Å². The molecule has 2 aromatic heterocycles. The standard InChI is InChI=1S/C19H20ClN3O4/c1-5-7-14-21-11(2)18(27-14)17-12(20)8-6-9-13(17)26-19-22-15(24-3)10-16(23-19)25-4/h6,8-10H,5,7H2,1-4H3. The van der Waals surface area contributed by atoms with E-state index in [1.54, 1.807) is 24.3 Å². The van der Waals surface area contributed by atoms with E-state index in [1.165, 1.54) is 14.2 Å². The Bertz CT molecular complexity index is 920. The monoisotopic (exact) mass is 389 g/mol. The lowest BCUT2D eigenvalue weighted by atomic mass is 10.1. The molecule has 0 unspecified atom stereocenters. The molecule has 0 aliphatic heterocycles. The molecule has 0 radical (unpaired) electrons. The van der Waals surface area contributed by atoms with Crippen molar-refractivity contribution in [3.63, 3.8) is 0 Å².